The number of nitrogen functional groups attached to an aromatic ring is 1. The molecule has 1 amide bonds. The predicted molar refractivity (Wildman–Crippen MR) is 80.5 cm³/mol. The van der Waals surface area contributed by atoms with Crippen molar-refractivity contribution in [2.24, 2.45) is 0 Å². The molecule has 1 aromatic heterocycles. The summed E-state index contributed by atoms with van der Waals surface area (Å²) in [6.45, 7) is 3.40. The number of fused-ring (bicyclic) bond motifs is 1. The van der Waals surface area contributed by atoms with Crippen LogP contribution in [-0.4, -0.2) is 23.9 Å². The molecule has 0 radical (unpaired) electrons. The molecule has 0 saturated carbocycles. The van der Waals surface area contributed by atoms with Gasteiger partial charge in [0.1, 0.15) is 10.7 Å². The largest absolute Gasteiger partial charge is 0.397 e. The molecule has 2 heterocycles. The summed E-state index contributed by atoms with van der Waals surface area (Å²) in [7, 11) is 0. The molecule has 104 valence electrons. The number of rotatable bonds is 1. The van der Waals surface area contributed by atoms with Crippen molar-refractivity contribution >= 4 is 33.0 Å². The Labute approximate surface area is 120 Å². The van der Waals surface area contributed by atoms with E-state index in [0.29, 0.717) is 29.0 Å². The first-order valence-electron chi connectivity index (χ1n) is 6.48. The normalized spacial score (nSPS) is 15.5. The number of anilines is 1. The lowest BCUT2D eigenvalue weighted by atomic mass is 10.1. The zero-order chi connectivity index (χ0) is 14.3. The van der Waals surface area contributed by atoms with Gasteiger partial charge in [0.15, 0.2) is 0 Å². The Balaban J connectivity index is 1.98. The van der Waals surface area contributed by atoms with E-state index in [9.17, 15) is 9.18 Å². The van der Waals surface area contributed by atoms with E-state index in [1.165, 1.54) is 29.0 Å². The lowest BCUT2D eigenvalue weighted by Gasteiger charge is -2.25. The first-order chi connectivity index (χ1) is 9.56. The lowest BCUT2D eigenvalue weighted by molar-refractivity contribution is 0.0775. The highest BCUT2D eigenvalue weighted by Gasteiger charge is 2.23. The summed E-state index contributed by atoms with van der Waals surface area (Å²) in [5, 5.41) is 0.627. The third-order valence-electron chi connectivity index (χ3n) is 3.61. The third-order valence-corrected chi connectivity index (χ3v) is 4.78. The van der Waals surface area contributed by atoms with Gasteiger partial charge in [0.25, 0.3) is 5.91 Å². The summed E-state index contributed by atoms with van der Waals surface area (Å²) >= 11 is 1.33. The summed E-state index contributed by atoms with van der Waals surface area (Å²) < 4.78 is 14.1. The Bertz CT molecular complexity index is 720. The Morgan fingerprint density at radius 1 is 1.45 bits per heavy atom. The molecule has 1 aliphatic heterocycles. The topological polar surface area (TPSA) is 46.3 Å². The quantitative estimate of drug-likeness (QED) is 0.818. The van der Waals surface area contributed by atoms with E-state index in [1.807, 2.05) is 0 Å². The van der Waals surface area contributed by atoms with Gasteiger partial charge in [-0.3, -0.25) is 4.79 Å². The molecule has 1 aliphatic rings. The fourth-order valence-corrected chi connectivity index (χ4v) is 3.42. The number of amides is 1. The number of carbonyl (C=O) groups is 1. The number of halogens is 1. The lowest BCUT2D eigenvalue weighted by Crippen LogP contribution is -2.34. The number of nitrogens with zero attached hydrogens (tertiary/aromatic N) is 1. The van der Waals surface area contributed by atoms with Crippen molar-refractivity contribution in [3.8, 4) is 0 Å². The zero-order valence-corrected chi connectivity index (χ0v) is 12.0. The predicted octanol–water partition coefficient (Wildman–Crippen LogP) is 3.41. The van der Waals surface area contributed by atoms with Gasteiger partial charge in [-0.15, -0.1) is 11.3 Å². The van der Waals surface area contributed by atoms with Gasteiger partial charge in [-0.05, 0) is 31.5 Å². The highest BCUT2D eigenvalue weighted by Crippen LogP contribution is 2.35. The van der Waals surface area contributed by atoms with Crippen LogP contribution in [0.3, 0.4) is 0 Å². The standard InChI is InChI=1S/C15H15FN2OS/c1-9-4-6-18(7-5-9)15(19)14-13(17)11-8-10(16)2-3-12(11)20-14/h2-4,8H,5-7,17H2,1H3. The van der Waals surface area contributed by atoms with Gasteiger partial charge in [-0.2, -0.15) is 0 Å². The Kier molecular flexibility index (Phi) is 3.22. The van der Waals surface area contributed by atoms with Gasteiger partial charge >= 0.3 is 0 Å². The molecule has 0 unspecified atom stereocenters. The van der Waals surface area contributed by atoms with Crippen LogP contribution >= 0.6 is 11.3 Å². The smallest absolute Gasteiger partial charge is 0.266 e. The number of thiophene rings is 1. The van der Waals surface area contributed by atoms with Crippen molar-refractivity contribution in [3.05, 3.63) is 40.5 Å². The molecule has 0 atom stereocenters. The number of carbonyl (C=O) groups excluding carboxylic acids is 1. The van der Waals surface area contributed by atoms with Gasteiger partial charge in [0.05, 0.1) is 5.69 Å². The van der Waals surface area contributed by atoms with Crippen LogP contribution in [0, 0.1) is 5.82 Å². The van der Waals surface area contributed by atoms with E-state index in [4.69, 9.17) is 5.73 Å². The summed E-state index contributed by atoms with van der Waals surface area (Å²) in [5.41, 5.74) is 7.72. The van der Waals surface area contributed by atoms with E-state index < -0.39 is 0 Å². The molecule has 2 N–H and O–H groups in total. The maximum Gasteiger partial charge on any atom is 0.266 e. The summed E-state index contributed by atoms with van der Waals surface area (Å²) in [4.78, 5) is 14.8. The van der Waals surface area contributed by atoms with Crippen molar-refractivity contribution < 1.29 is 9.18 Å². The zero-order valence-electron chi connectivity index (χ0n) is 11.1. The Hall–Kier alpha value is -1.88. The van der Waals surface area contributed by atoms with Crippen LogP contribution in [-0.2, 0) is 0 Å². The fraction of sp³-hybridized carbons (Fsp3) is 0.267. The Morgan fingerprint density at radius 2 is 2.25 bits per heavy atom. The molecule has 0 saturated heterocycles. The van der Waals surface area contributed by atoms with E-state index in [2.05, 4.69) is 13.0 Å². The molecule has 0 aliphatic carbocycles. The van der Waals surface area contributed by atoms with Crippen LogP contribution in [0.2, 0.25) is 0 Å². The molecule has 0 fully saturated rings. The fourth-order valence-electron chi connectivity index (χ4n) is 2.35. The second-order valence-electron chi connectivity index (χ2n) is 5.04. The van der Waals surface area contributed by atoms with Crippen molar-refractivity contribution in [2.45, 2.75) is 13.3 Å². The van der Waals surface area contributed by atoms with E-state index in [-0.39, 0.29) is 11.7 Å². The van der Waals surface area contributed by atoms with E-state index in [0.717, 1.165) is 11.1 Å². The first-order valence-corrected chi connectivity index (χ1v) is 7.30. The van der Waals surface area contributed by atoms with Crippen molar-refractivity contribution in [3.63, 3.8) is 0 Å². The minimum absolute atomic E-state index is 0.0622. The average molecular weight is 290 g/mol. The van der Waals surface area contributed by atoms with Gasteiger partial charge in [0, 0.05) is 23.2 Å². The summed E-state index contributed by atoms with van der Waals surface area (Å²) in [6.07, 6.45) is 2.95. The van der Waals surface area contributed by atoms with Crippen LogP contribution in [0.1, 0.15) is 23.0 Å². The molecule has 1 aromatic carbocycles. The van der Waals surface area contributed by atoms with Gasteiger partial charge in [0.2, 0.25) is 0 Å². The third kappa shape index (κ3) is 2.18. The van der Waals surface area contributed by atoms with Crippen molar-refractivity contribution in [2.75, 3.05) is 18.8 Å². The molecule has 5 heteroatoms. The number of nitrogens with two attached hydrogens (primary N) is 1. The number of hydrogen-bond donors (Lipinski definition) is 1. The molecule has 3 rings (SSSR count). The number of benzene rings is 1. The molecule has 0 spiro atoms. The van der Waals surface area contributed by atoms with E-state index >= 15 is 0 Å². The van der Waals surface area contributed by atoms with Crippen LogP contribution in [0.15, 0.2) is 29.8 Å². The van der Waals surface area contributed by atoms with Crippen LogP contribution in [0.25, 0.3) is 10.1 Å². The van der Waals surface area contributed by atoms with Crippen LogP contribution in [0.5, 0.6) is 0 Å². The van der Waals surface area contributed by atoms with Gasteiger partial charge in [-0.1, -0.05) is 11.6 Å². The van der Waals surface area contributed by atoms with Crippen LogP contribution in [0.4, 0.5) is 10.1 Å². The highest BCUT2D eigenvalue weighted by molar-refractivity contribution is 7.21. The minimum Gasteiger partial charge on any atom is -0.397 e. The minimum atomic E-state index is -0.336. The summed E-state index contributed by atoms with van der Waals surface area (Å²) in [5.74, 6) is -0.398. The molecular weight excluding hydrogens is 275 g/mol. The molecule has 3 nitrogen and oxygen atoms in total. The van der Waals surface area contributed by atoms with E-state index in [1.54, 1.807) is 11.0 Å². The molecular formula is C15H15FN2OS. The second-order valence-corrected chi connectivity index (χ2v) is 6.09. The van der Waals surface area contributed by atoms with Crippen molar-refractivity contribution in [1.29, 1.82) is 0 Å². The van der Waals surface area contributed by atoms with Gasteiger partial charge < -0.3 is 10.6 Å². The number of hydrogen-bond acceptors (Lipinski definition) is 3. The first kappa shape index (κ1) is 13.1. The Morgan fingerprint density at radius 3 is 2.95 bits per heavy atom. The summed E-state index contributed by atoms with van der Waals surface area (Å²) in [6, 6.07) is 4.44. The molecule has 20 heavy (non-hydrogen) atoms. The highest BCUT2D eigenvalue weighted by atomic mass is 32.1. The monoisotopic (exact) mass is 290 g/mol. The van der Waals surface area contributed by atoms with Crippen LogP contribution < -0.4 is 5.73 Å². The van der Waals surface area contributed by atoms with Gasteiger partial charge in [-0.25, -0.2) is 4.39 Å². The maximum atomic E-state index is 13.3. The molecule has 2 aromatic rings. The average Bonchev–Trinajstić information content (AvgIpc) is 2.76. The van der Waals surface area contributed by atoms with Crippen molar-refractivity contribution in [1.82, 2.24) is 4.90 Å². The molecule has 0 bridgehead atoms. The maximum absolute atomic E-state index is 13.3. The SMILES string of the molecule is CC1=CCN(C(=O)c2sc3ccc(F)cc3c2N)CC1. The second kappa shape index (κ2) is 4.90.